The van der Waals surface area contributed by atoms with Gasteiger partial charge in [-0.2, -0.15) is 0 Å². The summed E-state index contributed by atoms with van der Waals surface area (Å²) in [5.74, 6) is -0.955. The summed E-state index contributed by atoms with van der Waals surface area (Å²) in [6.07, 6.45) is 1.92. The molecular formula is C25H31FN2O5. The Hall–Kier alpha value is -3.16. The molecule has 0 spiro atoms. The van der Waals surface area contributed by atoms with Gasteiger partial charge in [0, 0.05) is 12.2 Å². The third-order valence-corrected chi connectivity index (χ3v) is 5.41. The largest absolute Gasteiger partial charge is 0.508 e. The fraction of sp³-hybridized carbons (Fsp3) is 0.480. The van der Waals surface area contributed by atoms with E-state index < -0.39 is 23.5 Å². The van der Waals surface area contributed by atoms with Crippen LogP contribution < -0.4 is 0 Å². The molecule has 1 atom stereocenters. The second kappa shape index (κ2) is 10.2. The van der Waals surface area contributed by atoms with E-state index in [0.717, 1.165) is 17.7 Å². The normalized spacial score (nSPS) is 15.5. The summed E-state index contributed by atoms with van der Waals surface area (Å²) in [4.78, 5) is 31.4. The minimum absolute atomic E-state index is 0.0228. The topological polar surface area (TPSA) is 89.0 Å². The predicted octanol–water partition coefficient (Wildman–Crippen LogP) is 4.96. The summed E-state index contributed by atoms with van der Waals surface area (Å²) in [5.41, 5.74) is 1.56. The van der Waals surface area contributed by atoms with Gasteiger partial charge in [0.2, 0.25) is 0 Å². The molecule has 8 heteroatoms. The molecule has 1 aromatic heterocycles. The molecule has 1 aliphatic rings. The van der Waals surface area contributed by atoms with Crippen LogP contribution in [0.15, 0.2) is 30.3 Å². The number of phenolic OH excluding ortho intramolecular Hbond substituents is 1. The van der Waals surface area contributed by atoms with Crippen molar-refractivity contribution in [1.29, 1.82) is 0 Å². The van der Waals surface area contributed by atoms with Crippen molar-refractivity contribution in [2.45, 2.75) is 65.0 Å². The summed E-state index contributed by atoms with van der Waals surface area (Å²) >= 11 is 0. The van der Waals surface area contributed by atoms with Crippen LogP contribution in [0.2, 0.25) is 0 Å². The predicted molar refractivity (Wildman–Crippen MR) is 121 cm³/mol. The first-order chi connectivity index (χ1) is 15.6. The number of phenols is 1. The Bertz CT molecular complexity index is 1020. The van der Waals surface area contributed by atoms with Gasteiger partial charge in [0.05, 0.1) is 12.6 Å². The molecule has 0 saturated heterocycles. The molecule has 0 bridgehead atoms. The number of rotatable bonds is 6. The fourth-order valence-corrected chi connectivity index (χ4v) is 3.97. The number of carbonyl (C=O) groups excluding carboxylic acids is 2. The summed E-state index contributed by atoms with van der Waals surface area (Å²) < 4.78 is 24.4. The van der Waals surface area contributed by atoms with Crippen LogP contribution in [0.25, 0.3) is 0 Å². The first-order valence-corrected chi connectivity index (χ1v) is 11.2. The van der Waals surface area contributed by atoms with Crippen LogP contribution in [-0.4, -0.2) is 45.8 Å². The number of fused-ring (bicyclic) bond motifs is 1. The number of hydrogen-bond acceptors (Lipinski definition) is 6. The van der Waals surface area contributed by atoms with Gasteiger partial charge in [0.15, 0.2) is 0 Å². The average Bonchev–Trinajstić information content (AvgIpc) is 2.74. The highest BCUT2D eigenvalue weighted by Gasteiger charge is 2.33. The number of ether oxygens (including phenoxy) is 2. The zero-order valence-electron chi connectivity index (χ0n) is 19.6. The summed E-state index contributed by atoms with van der Waals surface area (Å²) in [6.45, 7) is 7.60. The van der Waals surface area contributed by atoms with Gasteiger partial charge in [-0.1, -0.05) is 6.07 Å². The van der Waals surface area contributed by atoms with Crippen LogP contribution in [0, 0.1) is 5.82 Å². The number of halogens is 1. The van der Waals surface area contributed by atoms with E-state index in [-0.39, 0.29) is 37.1 Å². The van der Waals surface area contributed by atoms with Crippen LogP contribution in [0.1, 0.15) is 73.9 Å². The van der Waals surface area contributed by atoms with Gasteiger partial charge in [-0.25, -0.2) is 19.0 Å². The lowest BCUT2D eigenvalue weighted by Gasteiger charge is -2.36. The van der Waals surface area contributed by atoms with E-state index in [9.17, 15) is 19.1 Å². The van der Waals surface area contributed by atoms with Crippen LogP contribution in [-0.2, 0) is 22.3 Å². The fourth-order valence-electron chi connectivity index (χ4n) is 3.97. The number of aromatic nitrogens is 1. The third kappa shape index (κ3) is 6.21. The molecule has 3 rings (SSSR count). The molecule has 2 aromatic rings. The maximum atomic E-state index is 13.7. The van der Waals surface area contributed by atoms with Crippen molar-refractivity contribution in [1.82, 2.24) is 9.88 Å². The Balaban J connectivity index is 1.91. The SMILES string of the molecule is CCOC(=O)c1ccc2c(n1)CCCC2N(CCc1cc(F)ccc1O)C(=O)OC(C)(C)C. The van der Waals surface area contributed by atoms with E-state index in [0.29, 0.717) is 18.4 Å². The summed E-state index contributed by atoms with van der Waals surface area (Å²) in [5, 5.41) is 10.1. The zero-order valence-corrected chi connectivity index (χ0v) is 19.6. The van der Waals surface area contributed by atoms with E-state index in [1.165, 1.54) is 18.2 Å². The standard InChI is InChI=1S/C25H31FN2O5/c1-5-32-23(30)20-11-10-18-19(27-20)7-6-8-21(18)28(24(31)33-25(2,3)4)14-13-16-15-17(26)9-12-22(16)29/h9-12,15,21,29H,5-8,13-14H2,1-4H3. The number of benzene rings is 1. The molecule has 178 valence electrons. The van der Waals surface area contributed by atoms with Crippen molar-refractivity contribution in [3.8, 4) is 5.75 Å². The zero-order chi connectivity index (χ0) is 24.2. The lowest BCUT2D eigenvalue weighted by atomic mass is 9.89. The molecule has 0 radical (unpaired) electrons. The molecular weight excluding hydrogens is 427 g/mol. The lowest BCUT2D eigenvalue weighted by molar-refractivity contribution is 0.0140. The van der Waals surface area contributed by atoms with E-state index in [1.54, 1.807) is 38.7 Å². The molecule has 1 N–H and O–H groups in total. The van der Waals surface area contributed by atoms with Crippen LogP contribution in [0.3, 0.4) is 0 Å². The highest BCUT2D eigenvalue weighted by atomic mass is 19.1. The van der Waals surface area contributed by atoms with Gasteiger partial charge >= 0.3 is 12.1 Å². The Morgan fingerprint density at radius 1 is 1.24 bits per heavy atom. The minimum atomic E-state index is -0.695. The third-order valence-electron chi connectivity index (χ3n) is 5.41. The van der Waals surface area contributed by atoms with Crippen LogP contribution >= 0.6 is 0 Å². The van der Waals surface area contributed by atoms with E-state index >= 15 is 0 Å². The molecule has 1 aromatic carbocycles. The number of amides is 1. The second-order valence-corrected chi connectivity index (χ2v) is 9.06. The Labute approximate surface area is 193 Å². The minimum Gasteiger partial charge on any atom is -0.508 e. The second-order valence-electron chi connectivity index (χ2n) is 9.06. The number of esters is 1. The highest BCUT2D eigenvalue weighted by Crippen LogP contribution is 2.35. The van der Waals surface area contributed by atoms with Crippen molar-refractivity contribution in [2.24, 2.45) is 0 Å². The van der Waals surface area contributed by atoms with Crippen LogP contribution in [0.4, 0.5) is 9.18 Å². The Kier molecular flexibility index (Phi) is 7.56. The molecule has 0 saturated carbocycles. The smallest absolute Gasteiger partial charge is 0.410 e. The Morgan fingerprint density at radius 3 is 2.70 bits per heavy atom. The van der Waals surface area contributed by atoms with E-state index in [4.69, 9.17) is 9.47 Å². The molecule has 1 heterocycles. The van der Waals surface area contributed by atoms with Crippen molar-refractivity contribution >= 4 is 12.1 Å². The van der Waals surface area contributed by atoms with E-state index in [1.807, 2.05) is 6.07 Å². The van der Waals surface area contributed by atoms with Gasteiger partial charge < -0.3 is 19.5 Å². The quantitative estimate of drug-likeness (QED) is 0.616. The molecule has 0 aliphatic heterocycles. The van der Waals surface area contributed by atoms with Gasteiger partial charge in [-0.3, -0.25) is 0 Å². The molecule has 33 heavy (non-hydrogen) atoms. The van der Waals surface area contributed by atoms with E-state index in [2.05, 4.69) is 4.98 Å². The number of hydrogen-bond donors (Lipinski definition) is 1. The number of aromatic hydroxyl groups is 1. The Morgan fingerprint density at radius 2 is 2.00 bits per heavy atom. The lowest BCUT2D eigenvalue weighted by Crippen LogP contribution is -2.41. The molecule has 1 amide bonds. The molecule has 7 nitrogen and oxygen atoms in total. The maximum absolute atomic E-state index is 13.7. The molecule has 1 aliphatic carbocycles. The van der Waals surface area contributed by atoms with Crippen molar-refractivity contribution < 1.29 is 28.6 Å². The van der Waals surface area contributed by atoms with Crippen molar-refractivity contribution in [2.75, 3.05) is 13.2 Å². The van der Waals surface area contributed by atoms with Gasteiger partial charge in [0.1, 0.15) is 22.9 Å². The highest BCUT2D eigenvalue weighted by molar-refractivity contribution is 5.87. The first-order valence-electron chi connectivity index (χ1n) is 11.2. The van der Waals surface area contributed by atoms with Gasteiger partial charge in [-0.15, -0.1) is 0 Å². The van der Waals surface area contributed by atoms with Crippen molar-refractivity contribution in [3.63, 3.8) is 0 Å². The number of aryl methyl sites for hydroxylation is 1. The van der Waals surface area contributed by atoms with Crippen LogP contribution in [0.5, 0.6) is 5.75 Å². The summed E-state index contributed by atoms with van der Waals surface area (Å²) in [7, 11) is 0. The number of carbonyl (C=O) groups is 2. The monoisotopic (exact) mass is 458 g/mol. The van der Waals surface area contributed by atoms with Crippen molar-refractivity contribution in [3.05, 3.63) is 58.7 Å². The number of nitrogens with zero attached hydrogens (tertiary/aromatic N) is 2. The van der Waals surface area contributed by atoms with Gasteiger partial charge in [0.25, 0.3) is 0 Å². The maximum Gasteiger partial charge on any atom is 0.410 e. The van der Waals surface area contributed by atoms with Gasteiger partial charge in [-0.05, 0) is 88.8 Å². The molecule has 1 unspecified atom stereocenters. The summed E-state index contributed by atoms with van der Waals surface area (Å²) in [6, 6.07) is 6.87. The molecule has 0 fully saturated rings. The number of pyridine rings is 1. The first kappa shape index (κ1) is 24.5. The average molecular weight is 459 g/mol.